The fourth-order valence-corrected chi connectivity index (χ4v) is 2.98. The van der Waals surface area contributed by atoms with E-state index in [0.717, 1.165) is 11.3 Å². The minimum absolute atomic E-state index is 0.208. The molecule has 2 heterocycles. The first-order chi connectivity index (χ1) is 15.6. The van der Waals surface area contributed by atoms with Crippen molar-refractivity contribution in [2.45, 2.75) is 6.92 Å². The summed E-state index contributed by atoms with van der Waals surface area (Å²) in [5.41, 5.74) is 3.13. The highest BCUT2D eigenvalue weighted by Gasteiger charge is 2.08. The van der Waals surface area contributed by atoms with E-state index in [2.05, 4.69) is 30.9 Å². The Morgan fingerprint density at radius 2 is 1.53 bits per heavy atom. The Morgan fingerprint density at radius 1 is 0.812 bits per heavy atom. The Labute approximate surface area is 185 Å². The second-order valence-corrected chi connectivity index (χ2v) is 7.02. The number of pyridine rings is 1. The van der Waals surface area contributed by atoms with Gasteiger partial charge in [-0.3, -0.25) is 4.79 Å². The summed E-state index contributed by atoms with van der Waals surface area (Å²) in [6.45, 7) is 2.00. The van der Waals surface area contributed by atoms with Crippen molar-refractivity contribution in [2.75, 3.05) is 23.1 Å². The molecule has 2 aromatic heterocycles. The molecule has 32 heavy (non-hydrogen) atoms. The predicted molar refractivity (Wildman–Crippen MR) is 125 cm³/mol. The molecule has 0 fully saturated rings. The molecular formula is C24H22N6O2. The van der Waals surface area contributed by atoms with Gasteiger partial charge in [-0.1, -0.05) is 6.07 Å². The number of anilines is 5. The molecule has 0 bridgehead atoms. The number of hydrogen-bond donors (Lipinski definition) is 3. The molecule has 160 valence electrons. The first-order valence-electron chi connectivity index (χ1n) is 9.93. The Bertz CT molecular complexity index is 1230. The van der Waals surface area contributed by atoms with Gasteiger partial charge in [0.1, 0.15) is 29.5 Å². The number of carbonyl (C=O) groups is 1. The third-order valence-corrected chi connectivity index (χ3v) is 4.59. The molecule has 0 aliphatic rings. The molecule has 1 amide bonds. The smallest absolute Gasteiger partial charge is 0.255 e. The summed E-state index contributed by atoms with van der Waals surface area (Å²) in [5.74, 6) is 2.40. The minimum Gasteiger partial charge on any atom is -0.497 e. The highest BCUT2D eigenvalue weighted by molar-refractivity contribution is 6.04. The fraction of sp³-hybridized carbons (Fsp3) is 0.0833. The molecule has 0 radical (unpaired) electrons. The second-order valence-electron chi connectivity index (χ2n) is 7.02. The van der Waals surface area contributed by atoms with Crippen molar-refractivity contribution in [1.82, 2.24) is 15.0 Å². The van der Waals surface area contributed by atoms with E-state index in [1.165, 1.54) is 6.33 Å². The average Bonchev–Trinajstić information content (AvgIpc) is 2.81. The lowest BCUT2D eigenvalue weighted by atomic mass is 10.2. The predicted octanol–water partition coefficient (Wildman–Crippen LogP) is 4.93. The summed E-state index contributed by atoms with van der Waals surface area (Å²) < 4.78 is 5.17. The maximum absolute atomic E-state index is 12.5. The number of aromatic nitrogens is 3. The summed E-state index contributed by atoms with van der Waals surface area (Å²) in [7, 11) is 1.57. The number of rotatable bonds is 7. The molecule has 0 unspecified atom stereocenters. The maximum atomic E-state index is 12.5. The minimum atomic E-state index is -0.208. The van der Waals surface area contributed by atoms with Crippen LogP contribution < -0.4 is 20.7 Å². The SMILES string of the molecule is COc1cccc(C(=O)Nc2ccc(Nc3cc(Nc4cc(C)ccn4)ncn3)cc2)c1. The van der Waals surface area contributed by atoms with Crippen molar-refractivity contribution in [3.8, 4) is 5.75 Å². The Kier molecular flexibility index (Phi) is 6.22. The van der Waals surface area contributed by atoms with Crippen LogP contribution in [0.3, 0.4) is 0 Å². The fourth-order valence-electron chi connectivity index (χ4n) is 2.98. The zero-order valence-corrected chi connectivity index (χ0v) is 17.7. The Morgan fingerprint density at radius 3 is 2.28 bits per heavy atom. The summed E-state index contributed by atoms with van der Waals surface area (Å²) in [5, 5.41) is 9.27. The number of hydrogen-bond acceptors (Lipinski definition) is 7. The molecule has 3 N–H and O–H groups in total. The number of carbonyl (C=O) groups excluding carboxylic acids is 1. The maximum Gasteiger partial charge on any atom is 0.255 e. The van der Waals surface area contributed by atoms with Crippen LogP contribution >= 0.6 is 0 Å². The van der Waals surface area contributed by atoms with Crippen molar-refractivity contribution in [1.29, 1.82) is 0 Å². The van der Waals surface area contributed by atoms with E-state index < -0.39 is 0 Å². The van der Waals surface area contributed by atoms with Gasteiger partial charge in [-0.25, -0.2) is 15.0 Å². The zero-order chi connectivity index (χ0) is 22.3. The average molecular weight is 426 g/mol. The first-order valence-corrected chi connectivity index (χ1v) is 9.93. The van der Waals surface area contributed by atoms with Crippen LogP contribution in [-0.4, -0.2) is 28.0 Å². The summed E-state index contributed by atoms with van der Waals surface area (Å²) in [6, 6.07) is 20.0. The van der Waals surface area contributed by atoms with E-state index in [4.69, 9.17) is 4.74 Å². The lowest BCUT2D eigenvalue weighted by Gasteiger charge is -2.10. The van der Waals surface area contributed by atoms with Crippen molar-refractivity contribution in [3.63, 3.8) is 0 Å². The second kappa shape index (κ2) is 9.57. The van der Waals surface area contributed by atoms with Gasteiger partial charge in [-0.2, -0.15) is 0 Å². The third-order valence-electron chi connectivity index (χ3n) is 4.59. The van der Waals surface area contributed by atoms with Gasteiger partial charge >= 0.3 is 0 Å². The number of amides is 1. The molecule has 0 saturated carbocycles. The summed E-state index contributed by atoms with van der Waals surface area (Å²) in [4.78, 5) is 25.2. The largest absolute Gasteiger partial charge is 0.497 e. The van der Waals surface area contributed by atoms with Crippen molar-refractivity contribution in [3.05, 3.63) is 90.4 Å². The molecule has 0 aliphatic heterocycles. The third kappa shape index (κ3) is 5.37. The monoisotopic (exact) mass is 426 g/mol. The van der Waals surface area contributed by atoms with Gasteiger partial charge in [-0.15, -0.1) is 0 Å². The van der Waals surface area contributed by atoms with Gasteiger partial charge in [0.2, 0.25) is 0 Å². The van der Waals surface area contributed by atoms with Crippen LogP contribution in [0.2, 0.25) is 0 Å². The van der Waals surface area contributed by atoms with Crippen molar-refractivity contribution in [2.24, 2.45) is 0 Å². The molecular weight excluding hydrogens is 404 g/mol. The quantitative estimate of drug-likeness (QED) is 0.385. The standard InChI is InChI=1S/C24H22N6O2/c1-16-10-11-25-21(12-16)30-23-14-22(26-15-27-23)28-18-6-8-19(9-7-18)29-24(31)17-4-3-5-20(13-17)32-2/h3-15H,1-2H3,(H,29,31)(H2,25,26,27,28,30). The lowest BCUT2D eigenvalue weighted by Crippen LogP contribution is -2.11. The van der Waals surface area contributed by atoms with Gasteiger partial charge in [0.05, 0.1) is 7.11 Å². The van der Waals surface area contributed by atoms with Crippen molar-refractivity contribution >= 4 is 34.7 Å². The number of methoxy groups -OCH3 is 1. The van der Waals surface area contributed by atoms with Gasteiger partial charge < -0.3 is 20.7 Å². The van der Waals surface area contributed by atoms with Crippen LogP contribution in [0.25, 0.3) is 0 Å². The number of ether oxygens (including phenoxy) is 1. The molecule has 4 rings (SSSR count). The number of benzene rings is 2. The zero-order valence-electron chi connectivity index (χ0n) is 17.7. The van der Waals surface area contributed by atoms with Crippen LogP contribution in [0.1, 0.15) is 15.9 Å². The van der Waals surface area contributed by atoms with Gasteiger partial charge in [-0.05, 0) is 67.1 Å². The molecule has 0 atom stereocenters. The van der Waals surface area contributed by atoms with Gasteiger partial charge in [0, 0.05) is 29.2 Å². The number of aryl methyl sites for hydroxylation is 1. The van der Waals surface area contributed by atoms with E-state index in [0.29, 0.717) is 34.5 Å². The summed E-state index contributed by atoms with van der Waals surface area (Å²) in [6.07, 6.45) is 3.22. The van der Waals surface area contributed by atoms with Gasteiger partial charge in [0.15, 0.2) is 0 Å². The van der Waals surface area contributed by atoms with Crippen LogP contribution in [0.5, 0.6) is 5.75 Å². The van der Waals surface area contributed by atoms with E-state index in [9.17, 15) is 4.79 Å². The van der Waals surface area contributed by atoms with Crippen LogP contribution in [0.15, 0.2) is 79.3 Å². The topological polar surface area (TPSA) is 101 Å². The van der Waals surface area contributed by atoms with E-state index in [1.54, 1.807) is 43.6 Å². The highest BCUT2D eigenvalue weighted by atomic mass is 16.5. The van der Waals surface area contributed by atoms with E-state index in [1.807, 2.05) is 43.3 Å². The molecule has 0 aliphatic carbocycles. The molecule has 0 spiro atoms. The van der Waals surface area contributed by atoms with Crippen molar-refractivity contribution < 1.29 is 9.53 Å². The highest BCUT2D eigenvalue weighted by Crippen LogP contribution is 2.21. The molecule has 4 aromatic rings. The molecule has 8 nitrogen and oxygen atoms in total. The van der Waals surface area contributed by atoms with Crippen LogP contribution in [-0.2, 0) is 0 Å². The number of nitrogens with one attached hydrogen (secondary N) is 3. The Hall–Kier alpha value is -4.46. The molecule has 2 aromatic carbocycles. The number of nitrogens with zero attached hydrogens (tertiary/aromatic N) is 3. The summed E-state index contributed by atoms with van der Waals surface area (Å²) >= 11 is 0. The van der Waals surface area contributed by atoms with Crippen LogP contribution in [0.4, 0.5) is 28.8 Å². The van der Waals surface area contributed by atoms with E-state index in [-0.39, 0.29) is 5.91 Å². The molecule has 8 heteroatoms. The lowest BCUT2D eigenvalue weighted by molar-refractivity contribution is 0.102. The normalized spacial score (nSPS) is 10.3. The first kappa shape index (κ1) is 20.8. The van der Waals surface area contributed by atoms with E-state index >= 15 is 0 Å². The molecule has 0 saturated heterocycles. The van der Waals surface area contributed by atoms with Crippen LogP contribution in [0, 0.1) is 6.92 Å². The van der Waals surface area contributed by atoms with Gasteiger partial charge in [0.25, 0.3) is 5.91 Å². The Balaban J connectivity index is 1.40.